The maximum absolute atomic E-state index is 11.8. The fourth-order valence-electron chi connectivity index (χ4n) is 1.80. The number of nitrogens with one attached hydrogen (secondary N) is 1. The monoisotopic (exact) mass is 249 g/mol. The van der Waals surface area contributed by atoms with Crippen molar-refractivity contribution in [3.63, 3.8) is 0 Å². The molecule has 0 aliphatic rings. The normalized spacial score (nSPS) is 12.4. The molecule has 0 saturated carbocycles. The van der Waals surface area contributed by atoms with E-state index in [1.165, 1.54) is 0 Å². The van der Waals surface area contributed by atoms with Crippen LogP contribution < -0.4 is 11.1 Å². The van der Waals surface area contributed by atoms with Gasteiger partial charge in [-0.2, -0.15) is 0 Å². The van der Waals surface area contributed by atoms with Crippen molar-refractivity contribution in [3.05, 3.63) is 35.9 Å². The first-order valence-corrected chi connectivity index (χ1v) is 6.49. The summed E-state index contributed by atoms with van der Waals surface area (Å²) in [5.74, 6) is -0.117. The maximum Gasteiger partial charge on any atom is 0.241 e. The molecule has 0 aliphatic carbocycles. The number of rotatable bonds is 7. The van der Waals surface area contributed by atoms with Gasteiger partial charge in [0.25, 0.3) is 0 Å². The van der Waals surface area contributed by atoms with Crippen molar-refractivity contribution in [1.29, 1.82) is 0 Å². The molecule has 3 N–H and O–H groups in total. The molecule has 1 aromatic carbocycles. The first-order chi connectivity index (χ1) is 8.69. The van der Waals surface area contributed by atoms with Crippen LogP contribution in [0.4, 0.5) is 0 Å². The molecule has 0 aliphatic heterocycles. The highest BCUT2D eigenvalue weighted by molar-refractivity contribution is 5.82. The lowest BCUT2D eigenvalue weighted by Crippen LogP contribution is -2.39. The third kappa shape index (κ3) is 4.47. The molecule has 0 heterocycles. The number of carbonyl (C=O) groups is 1. The Hall–Kier alpha value is -1.39. The molecule has 4 heteroatoms. The largest absolute Gasteiger partial charge is 0.353 e. The average Bonchev–Trinajstić information content (AvgIpc) is 2.43. The number of hydrogen-bond acceptors (Lipinski definition) is 3. The highest BCUT2D eigenvalue weighted by Crippen LogP contribution is 2.08. The first kappa shape index (κ1) is 14.7. The van der Waals surface area contributed by atoms with Crippen LogP contribution in [0, 0.1) is 0 Å². The Morgan fingerprint density at radius 2 is 1.89 bits per heavy atom. The fourth-order valence-corrected chi connectivity index (χ4v) is 1.80. The number of amides is 1. The van der Waals surface area contributed by atoms with E-state index in [-0.39, 0.29) is 5.91 Å². The van der Waals surface area contributed by atoms with Crippen molar-refractivity contribution in [2.24, 2.45) is 5.73 Å². The molecule has 1 aromatic rings. The molecule has 0 saturated heterocycles. The van der Waals surface area contributed by atoms with E-state index >= 15 is 0 Å². The smallest absolute Gasteiger partial charge is 0.241 e. The van der Waals surface area contributed by atoms with E-state index in [1.807, 2.05) is 30.3 Å². The van der Waals surface area contributed by atoms with Crippen LogP contribution in [0.5, 0.6) is 0 Å². The summed E-state index contributed by atoms with van der Waals surface area (Å²) in [6.45, 7) is 7.72. The van der Waals surface area contributed by atoms with E-state index in [9.17, 15) is 4.79 Å². The van der Waals surface area contributed by atoms with E-state index in [1.54, 1.807) is 0 Å². The highest BCUT2D eigenvalue weighted by Gasteiger charge is 2.14. The van der Waals surface area contributed by atoms with Crippen molar-refractivity contribution < 1.29 is 4.79 Å². The minimum atomic E-state index is -0.581. The molecule has 18 heavy (non-hydrogen) atoms. The van der Waals surface area contributed by atoms with Crippen molar-refractivity contribution in [1.82, 2.24) is 10.2 Å². The molecular weight excluding hydrogens is 226 g/mol. The average molecular weight is 249 g/mol. The molecule has 1 unspecified atom stereocenters. The molecule has 0 radical (unpaired) electrons. The molecule has 0 fully saturated rings. The number of carbonyl (C=O) groups excluding carboxylic acids is 1. The van der Waals surface area contributed by atoms with Crippen LogP contribution in [0.2, 0.25) is 0 Å². The Labute approximate surface area is 109 Å². The van der Waals surface area contributed by atoms with Gasteiger partial charge in [-0.1, -0.05) is 44.2 Å². The maximum atomic E-state index is 11.8. The Morgan fingerprint density at radius 1 is 1.28 bits per heavy atom. The van der Waals surface area contributed by atoms with Gasteiger partial charge >= 0.3 is 0 Å². The second-order valence-electron chi connectivity index (χ2n) is 4.21. The molecule has 0 aromatic heterocycles. The van der Waals surface area contributed by atoms with Crippen molar-refractivity contribution in [3.8, 4) is 0 Å². The predicted octanol–water partition coefficient (Wildman–Crippen LogP) is 1.14. The van der Waals surface area contributed by atoms with Crippen molar-refractivity contribution in [2.45, 2.75) is 19.9 Å². The Kier molecular flexibility index (Phi) is 6.39. The summed E-state index contributed by atoms with van der Waals surface area (Å²) >= 11 is 0. The zero-order valence-electron chi connectivity index (χ0n) is 11.2. The quantitative estimate of drug-likeness (QED) is 0.762. The van der Waals surface area contributed by atoms with Crippen LogP contribution in [-0.4, -0.2) is 37.0 Å². The van der Waals surface area contributed by atoms with Gasteiger partial charge in [0.2, 0.25) is 5.91 Å². The van der Waals surface area contributed by atoms with Crippen LogP contribution in [0.25, 0.3) is 0 Å². The highest BCUT2D eigenvalue weighted by atomic mass is 16.2. The second-order valence-corrected chi connectivity index (χ2v) is 4.21. The topological polar surface area (TPSA) is 58.4 Å². The van der Waals surface area contributed by atoms with Gasteiger partial charge in [-0.25, -0.2) is 0 Å². The van der Waals surface area contributed by atoms with Gasteiger partial charge in [-0.05, 0) is 18.7 Å². The second kappa shape index (κ2) is 7.84. The minimum absolute atomic E-state index is 0.117. The van der Waals surface area contributed by atoms with Gasteiger partial charge < -0.3 is 16.0 Å². The van der Waals surface area contributed by atoms with E-state index in [4.69, 9.17) is 5.73 Å². The summed E-state index contributed by atoms with van der Waals surface area (Å²) in [7, 11) is 0. The molecule has 0 spiro atoms. The Balaban J connectivity index is 2.37. The van der Waals surface area contributed by atoms with Gasteiger partial charge in [-0.3, -0.25) is 4.79 Å². The van der Waals surface area contributed by atoms with Crippen LogP contribution >= 0.6 is 0 Å². The van der Waals surface area contributed by atoms with Crippen molar-refractivity contribution in [2.75, 3.05) is 26.2 Å². The zero-order chi connectivity index (χ0) is 13.4. The number of hydrogen-bond donors (Lipinski definition) is 2. The summed E-state index contributed by atoms with van der Waals surface area (Å²) < 4.78 is 0. The van der Waals surface area contributed by atoms with Crippen LogP contribution in [-0.2, 0) is 4.79 Å². The van der Waals surface area contributed by atoms with Gasteiger partial charge in [0, 0.05) is 13.1 Å². The lowest BCUT2D eigenvalue weighted by Gasteiger charge is -2.19. The summed E-state index contributed by atoms with van der Waals surface area (Å²) in [6, 6.07) is 8.84. The molecule has 4 nitrogen and oxygen atoms in total. The Morgan fingerprint density at radius 3 is 2.44 bits per heavy atom. The van der Waals surface area contributed by atoms with Crippen LogP contribution in [0.3, 0.4) is 0 Å². The van der Waals surface area contributed by atoms with Gasteiger partial charge in [-0.15, -0.1) is 0 Å². The molecule has 100 valence electrons. The Bertz CT molecular complexity index is 349. The predicted molar refractivity (Wildman–Crippen MR) is 74.2 cm³/mol. The standard InChI is InChI=1S/C14H23N3O/c1-3-17(4-2)11-10-16-14(18)13(15)12-8-6-5-7-9-12/h5-9,13H,3-4,10-11,15H2,1-2H3,(H,16,18). The third-order valence-electron chi connectivity index (χ3n) is 3.06. The molecule has 1 atom stereocenters. The number of nitrogens with zero attached hydrogens (tertiary/aromatic N) is 1. The summed E-state index contributed by atoms with van der Waals surface area (Å²) in [5.41, 5.74) is 6.74. The first-order valence-electron chi connectivity index (χ1n) is 6.49. The number of likely N-dealkylation sites (N-methyl/N-ethyl adjacent to an activating group) is 1. The fraction of sp³-hybridized carbons (Fsp3) is 0.500. The molecule has 1 rings (SSSR count). The van der Waals surface area contributed by atoms with Crippen LogP contribution in [0.1, 0.15) is 25.5 Å². The molecule has 0 bridgehead atoms. The molecule has 1 amide bonds. The van der Waals surface area contributed by atoms with Crippen LogP contribution in [0.15, 0.2) is 30.3 Å². The summed E-state index contributed by atoms with van der Waals surface area (Å²) in [6.07, 6.45) is 0. The summed E-state index contributed by atoms with van der Waals surface area (Å²) in [5, 5.41) is 2.87. The lowest BCUT2D eigenvalue weighted by molar-refractivity contribution is -0.122. The number of benzene rings is 1. The van der Waals surface area contributed by atoms with E-state index in [2.05, 4.69) is 24.1 Å². The van der Waals surface area contributed by atoms with Crippen molar-refractivity contribution >= 4 is 5.91 Å². The third-order valence-corrected chi connectivity index (χ3v) is 3.06. The van der Waals surface area contributed by atoms with E-state index in [0.29, 0.717) is 6.54 Å². The van der Waals surface area contributed by atoms with E-state index in [0.717, 1.165) is 25.2 Å². The van der Waals surface area contributed by atoms with Gasteiger partial charge in [0.05, 0.1) is 0 Å². The lowest BCUT2D eigenvalue weighted by atomic mass is 10.1. The zero-order valence-corrected chi connectivity index (χ0v) is 11.2. The molecular formula is C14H23N3O. The van der Waals surface area contributed by atoms with Gasteiger partial charge in [0.15, 0.2) is 0 Å². The number of nitrogens with two attached hydrogens (primary N) is 1. The van der Waals surface area contributed by atoms with Gasteiger partial charge in [0.1, 0.15) is 6.04 Å². The SMILES string of the molecule is CCN(CC)CCNC(=O)C(N)c1ccccc1. The minimum Gasteiger partial charge on any atom is -0.353 e. The summed E-state index contributed by atoms with van der Waals surface area (Å²) in [4.78, 5) is 14.1. The van der Waals surface area contributed by atoms with E-state index < -0.39 is 6.04 Å².